The van der Waals surface area contributed by atoms with Crippen LogP contribution in [0.25, 0.3) is 45.8 Å². The molecule has 0 aliphatic carbocycles. The molecule has 47 heavy (non-hydrogen) atoms. The number of aromatic nitrogens is 4. The molecule has 19 heteroatoms. The summed E-state index contributed by atoms with van der Waals surface area (Å²) < 4.78 is 17.1. The lowest BCUT2D eigenvalue weighted by Crippen LogP contribution is -1.94. The molecule has 0 saturated heterocycles. The Bertz CT molecular complexity index is 1980. The van der Waals surface area contributed by atoms with E-state index in [0.29, 0.717) is 22.6 Å². The standard InChI is InChI=1S/C28H14N8O11/c37-33(38)19-9-17(10-20(13-19)34(39)40)27-31-29-25(46-27)15-1-5-23(6-2-15)45-24-7-3-16(4-8-24)26-30-32-28(47-26)18-11-21(35(41)42)14-22(12-18)36(43)44/h1-14H. The van der Waals surface area contributed by atoms with Crippen molar-refractivity contribution < 1.29 is 33.3 Å². The van der Waals surface area contributed by atoms with Crippen LogP contribution in [-0.4, -0.2) is 40.1 Å². The van der Waals surface area contributed by atoms with Crippen molar-refractivity contribution >= 4 is 22.7 Å². The first-order chi connectivity index (χ1) is 22.5. The van der Waals surface area contributed by atoms with Crippen LogP contribution >= 0.6 is 0 Å². The van der Waals surface area contributed by atoms with Crippen molar-refractivity contribution in [2.24, 2.45) is 0 Å². The number of nitro groups is 4. The third-order valence-electron chi connectivity index (χ3n) is 6.43. The molecule has 2 heterocycles. The third-order valence-corrected chi connectivity index (χ3v) is 6.43. The summed E-state index contributed by atoms with van der Waals surface area (Å²) in [5.41, 5.74) is -1.02. The van der Waals surface area contributed by atoms with Gasteiger partial charge >= 0.3 is 0 Å². The van der Waals surface area contributed by atoms with E-state index in [4.69, 9.17) is 13.6 Å². The minimum atomic E-state index is -0.763. The second kappa shape index (κ2) is 11.9. The molecule has 19 nitrogen and oxygen atoms in total. The molecule has 0 aliphatic heterocycles. The Balaban J connectivity index is 1.15. The Morgan fingerprint density at radius 1 is 0.426 bits per heavy atom. The lowest BCUT2D eigenvalue weighted by Gasteiger charge is -2.06. The van der Waals surface area contributed by atoms with Crippen LogP contribution < -0.4 is 4.74 Å². The maximum absolute atomic E-state index is 11.2. The normalized spacial score (nSPS) is 10.8. The highest BCUT2D eigenvalue weighted by Crippen LogP contribution is 2.33. The first-order valence-electron chi connectivity index (χ1n) is 13.0. The van der Waals surface area contributed by atoms with E-state index in [-0.39, 0.29) is 34.7 Å². The summed E-state index contributed by atoms with van der Waals surface area (Å²) in [6.45, 7) is 0. The number of hydrogen-bond donors (Lipinski definition) is 0. The molecule has 0 bridgehead atoms. The Morgan fingerprint density at radius 2 is 0.702 bits per heavy atom. The van der Waals surface area contributed by atoms with E-state index >= 15 is 0 Å². The molecule has 0 saturated carbocycles. The molecule has 2 aromatic heterocycles. The Morgan fingerprint density at radius 3 is 0.979 bits per heavy atom. The number of nitro benzene ring substituents is 4. The molecular weight excluding hydrogens is 624 g/mol. The zero-order chi connectivity index (χ0) is 33.2. The minimum Gasteiger partial charge on any atom is -0.457 e. The quantitative estimate of drug-likeness (QED) is 0.114. The van der Waals surface area contributed by atoms with Crippen molar-refractivity contribution in [1.29, 1.82) is 0 Å². The Hall–Kier alpha value is -7.44. The number of rotatable bonds is 10. The van der Waals surface area contributed by atoms with Gasteiger partial charge in [-0.3, -0.25) is 40.5 Å². The van der Waals surface area contributed by atoms with Gasteiger partial charge in [0.15, 0.2) is 0 Å². The van der Waals surface area contributed by atoms with Gasteiger partial charge in [-0.1, -0.05) is 0 Å². The average molecular weight is 638 g/mol. The molecule has 0 atom stereocenters. The molecule has 0 fully saturated rings. The van der Waals surface area contributed by atoms with Crippen molar-refractivity contribution in [3.05, 3.63) is 125 Å². The fourth-order valence-corrected chi connectivity index (χ4v) is 4.24. The molecule has 0 aliphatic rings. The number of non-ortho nitro benzene ring substituents is 4. The molecular formula is C28H14N8O11. The number of hydrogen-bond acceptors (Lipinski definition) is 15. The van der Waals surface area contributed by atoms with Gasteiger partial charge in [-0.05, 0) is 48.5 Å². The van der Waals surface area contributed by atoms with Crippen LogP contribution in [0.15, 0.2) is 93.8 Å². The zero-order valence-electron chi connectivity index (χ0n) is 23.2. The predicted octanol–water partition coefficient (Wildman–Crippen LogP) is 6.55. The van der Waals surface area contributed by atoms with Crippen LogP contribution in [0.4, 0.5) is 22.7 Å². The van der Waals surface area contributed by atoms with Gasteiger partial charge in [0, 0.05) is 35.4 Å². The highest BCUT2D eigenvalue weighted by atomic mass is 16.6. The van der Waals surface area contributed by atoms with Gasteiger partial charge in [-0.15, -0.1) is 20.4 Å². The van der Waals surface area contributed by atoms with Crippen LogP contribution in [0.2, 0.25) is 0 Å². The lowest BCUT2D eigenvalue weighted by atomic mass is 10.1. The first kappa shape index (κ1) is 29.6. The van der Waals surface area contributed by atoms with Gasteiger partial charge in [0.1, 0.15) is 11.5 Å². The SMILES string of the molecule is O=[N+]([O-])c1cc(-c2nnc(-c3ccc(Oc4ccc(-c5nnc(-c6cc([N+](=O)[O-])cc([N+](=O)[O-])c6)o5)cc4)cc3)o2)cc([N+](=O)[O-])c1. The topological polar surface area (TPSA) is 260 Å². The Kier molecular flexibility index (Phi) is 7.51. The Labute approximate surface area is 259 Å². The monoisotopic (exact) mass is 638 g/mol. The molecule has 0 N–H and O–H groups in total. The summed E-state index contributed by atoms with van der Waals surface area (Å²) in [6, 6.07) is 19.0. The molecule has 6 rings (SSSR count). The molecule has 6 aromatic rings. The van der Waals surface area contributed by atoms with Crippen molar-refractivity contribution in [1.82, 2.24) is 20.4 Å². The van der Waals surface area contributed by atoms with E-state index < -0.39 is 42.4 Å². The van der Waals surface area contributed by atoms with E-state index in [1.165, 1.54) is 0 Å². The summed E-state index contributed by atoms with van der Waals surface area (Å²) in [6.07, 6.45) is 0. The minimum absolute atomic E-state index is 0.0119. The average Bonchev–Trinajstić information content (AvgIpc) is 3.76. The summed E-state index contributed by atoms with van der Waals surface area (Å²) in [5.74, 6) is 0.692. The summed E-state index contributed by atoms with van der Waals surface area (Å²) in [5, 5.41) is 60.4. The number of benzene rings is 4. The second-order valence-corrected chi connectivity index (χ2v) is 9.48. The van der Waals surface area contributed by atoms with Crippen molar-refractivity contribution in [3.8, 4) is 57.3 Å². The predicted molar refractivity (Wildman–Crippen MR) is 157 cm³/mol. The van der Waals surface area contributed by atoms with Gasteiger partial charge in [0.25, 0.3) is 22.7 Å². The van der Waals surface area contributed by atoms with Gasteiger partial charge in [0.2, 0.25) is 23.6 Å². The lowest BCUT2D eigenvalue weighted by molar-refractivity contribution is -0.394. The molecule has 0 unspecified atom stereocenters. The van der Waals surface area contributed by atoms with Crippen molar-refractivity contribution in [2.45, 2.75) is 0 Å². The number of ether oxygens (including phenoxy) is 1. The second-order valence-electron chi connectivity index (χ2n) is 9.48. The summed E-state index contributed by atoms with van der Waals surface area (Å²) >= 11 is 0. The van der Waals surface area contributed by atoms with Gasteiger partial charge in [0.05, 0.1) is 43.0 Å². The smallest absolute Gasteiger partial charge is 0.277 e. The maximum atomic E-state index is 11.2. The van der Waals surface area contributed by atoms with Crippen LogP contribution in [0.1, 0.15) is 0 Å². The molecule has 0 amide bonds. The van der Waals surface area contributed by atoms with E-state index in [2.05, 4.69) is 20.4 Å². The van der Waals surface area contributed by atoms with Crippen molar-refractivity contribution in [3.63, 3.8) is 0 Å². The highest BCUT2D eigenvalue weighted by Gasteiger charge is 2.22. The van der Waals surface area contributed by atoms with E-state index in [1.807, 2.05) is 0 Å². The van der Waals surface area contributed by atoms with E-state index in [1.54, 1.807) is 48.5 Å². The van der Waals surface area contributed by atoms with Gasteiger partial charge in [-0.2, -0.15) is 0 Å². The highest BCUT2D eigenvalue weighted by molar-refractivity contribution is 5.66. The van der Waals surface area contributed by atoms with Gasteiger partial charge in [-0.25, -0.2) is 0 Å². The zero-order valence-corrected chi connectivity index (χ0v) is 23.2. The molecule has 0 radical (unpaired) electrons. The summed E-state index contributed by atoms with van der Waals surface area (Å²) in [7, 11) is 0. The van der Waals surface area contributed by atoms with Crippen LogP contribution in [0.3, 0.4) is 0 Å². The van der Waals surface area contributed by atoms with Crippen LogP contribution in [0, 0.1) is 40.5 Å². The van der Waals surface area contributed by atoms with E-state index in [9.17, 15) is 40.5 Å². The van der Waals surface area contributed by atoms with E-state index in [0.717, 1.165) is 36.4 Å². The molecule has 4 aromatic carbocycles. The fraction of sp³-hybridized carbons (Fsp3) is 0. The fourth-order valence-electron chi connectivity index (χ4n) is 4.24. The maximum Gasteiger partial charge on any atom is 0.277 e. The molecule has 232 valence electrons. The number of nitrogens with zero attached hydrogens (tertiary/aromatic N) is 8. The van der Waals surface area contributed by atoms with Gasteiger partial charge < -0.3 is 13.6 Å². The summed E-state index contributed by atoms with van der Waals surface area (Å²) in [4.78, 5) is 41.7. The van der Waals surface area contributed by atoms with Crippen molar-refractivity contribution in [2.75, 3.05) is 0 Å². The van der Waals surface area contributed by atoms with Crippen LogP contribution in [0.5, 0.6) is 11.5 Å². The third kappa shape index (κ3) is 6.28. The largest absolute Gasteiger partial charge is 0.457 e. The first-order valence-corrected chi connectivity index (χ1v) is 13.0. The van der Waals surface area contributed by atoms with Crippen LogP contribution in [-0.2, 0) is 0 Å². The molecule has 0 spiro atoms.